The quantitative estimate of drug-likeness (QED) is 0.359. The second kappa shape index (κ2) is 4.75. The lowest BCUT2D eigenvalue weighted by Gasteiger charge is -2.30. The van der Waals surface area contributed by atoms with E-state index in [4.69, 9.17) is 0 Å². The molecule has 0 amide bonds. The Labute approximate surface area is 114 Å². The van der Waals surface area contributed by atoms with Gasteiger partial charge in [-0.15, -0.1) is 0 Å². The highest BCUT2D eigenvalue weighted by molar-refractivity contribution is 7.61. The first-order valence-corrected chi connectivity index (χ1v) is 8.17. The molecule has 2 aliphatic heterocycles. The van der Waals surface area contributed by atoms with Gasteiger partial charge in [-0.05, 0) is 26.0 Å². The molecule has 0 N–H and O–H groups in total. The molecule has 102 valence electrons. The maximum absolute atomic E-state index is 13.4. The summed E-state index contributed by atoms with van der Waals surface area (Å²) in [5.41, 5.74) is 1.80. The van der Waals surface area contributed by atoms with E-state index in [1.807, 2.05) is 53.5 Å². The number of nitrogens with zero attached hydrogens (tertiary/aromatic N) is 4. The Morgan fingerprint density at radius 2 is 1.63 bits per heavy atom. The Morgan fingerprint density at radius 3 is 2.05 bits per heavy atom. The van der Waals surface area contributed by atoms with Crippen molar-refractivity contribution in [2.24, 2.45) is 5.10 Å². The van der Waals surface area contributed by atoms with Crippen LogP contribution < -0.4 is 4.78 Å². The van der Waals surface area contributed by atoms with Crippen LogP contribution in [0.15, 0.2) is 35.4 Å². The third-order valence-corrected chi connectivity index (χ3v) is 6.20. The van der Waals surface area contributed by atoms with Crippen molar-refractivity contribution in [3.05, 3.63) is 30.3 Å². The van der Waals surface area contributed by atoms with Crippen molar-refractivity contribution in [3.8, 4) is 0 Å². The molecule has 0 radical (unpaired) electrons. The Balaban J connectivity index is 2.03. The second-order valence-electron chi connectivity index (χ2n) is 5.09. The highest BCUT2D eigenvalue weighted by Gasteiger charge is 2.52. The summed E-state index contributed by atoms with van der Waals surface area (Å²) in [6.45, 7) is 7.46. The van der Waals surface area contributed by atoms with E-state index in [0.717, 1.165) is 37.6 Å². The third kappa shape index (κ3) is 2.46. The van der Waals surface area contributed by atoms with Gasteiger partial charge in [0, 0.05) is 31.9 Å². The minimum atomic E-state index is -2.71. The van der Waals surface area contributed by atoms with Crippen LogP contribution in [-0.4, -0.2) is 41.2 Å². The lowest BCUT2D eigenvalue weighted by atomic mass is 10.3. The fourth-order valence-corrected chi connectivity index (χ4v) is 4.83. The summed E-state index contributed by atoms with van der Waals surface area (Å²) in [4.78, 5) is 0. The van der Waals surface area contributed by atoms with E-state index in [-0.39, 0.29) is 0 Å². The smallest absolute Gasteiger partial charge is 0.262 e. The zero-order chi connectivity index (χ0) is 13.5. The van der Waals surface area contributed by atoms with Crippen LogP contribution in [0.2, 0.25) is 0 Å². The topological polar surface area (TPSA) is 38.7 Å². The number of hydrogen-bond donors (Lipinski definition) is 0. The van der Waals surface area contributed by atoms with Gasteiger partial charge in [0.15, 0.2) is 0 Å². The largest absolute Gasteiger partial charge is 0.331 e. The van der Waals surface area contributed by atoms with Gasteiger partial charge in [0.05, 0.1) is 5.69 Å². The monoisotopic (exact) mass is 278 g/mol. The highest BCUT2D eigenvalue weighted by Crippen LogP contribution is 2.64. The molecular formula is C13H19N4OP. The van der Waals surface area contributed by atoms with E-state index in [0.29, 0.717) is 0 Å². The molecule has 0 unspecified atom stereocenters. The van der Waals surface area contributed by atoms with E-state index < -0.39 is 7.59 Å². The first-order chi connectivity index (χ1) is 9.12. The predicted molar refractivity (Wildman–Crippen MR) is 78.5 cm³/mol. The van der Waals surface area contributed by atoms with Crippen molar-refractivity contribution in [1.29, 1.82) is 0 Å². The van der Waals surface area contributed by atoms with Crippen LogP contribution in [0.4, 0.5) is 5.69 Å². The zero-order valence-corrected chi connectivity index (χ0v) is 12.3. The Morgan fingerprint density at radius 1 is 1.11 bits per heavy atom. The van der Waals surface area contributed by atoms with Gasteiger partial charge < -0.3 is 0 Å². The normalized spacial score (nSPS) is 19.1. The molecule has 1 aromatic carbocycles. The Hall–Kier alpha value is -1.16. The molecule has 0 atom stereocenters. The fourth-order valence-electron chi connectivity index (χ4n) is 2.05. The molecule has 5 nitrogen and oxygen atoms in total. The molecule has 0 aromatic heterocycles. The number of hydrogen-bond acceptors (Lipinski definition) is 2. The summed E-state index contributed by atoms with van der Waals surface area (Å²) < 4.78 is 19.2. The Kier molecular flexibility index (Phi) is 3.21. The molecule has 2 heterocycles. The van der Waals surface area contributed by atoms with Crippen LogP contribution in [0.25, 0.3) is 0 Å². The van der Waals surface area contributed by atoms with Crippen molar-refractivity contribution in [2.75, 3.05) is 31.0 Å². The number of anilines is 1. The van der Waals surface area contributed by atoms with Crippen LogP contribution in [0.1, 0.15) is 13.8 Å². The van der Waals surface area contributed by atoms with Gasteiger partial charge in [-0.25, -0.2) is 9.34 Å². The lowest BCUT2D eigenvalue weighted by Crippen LogP contribution is -2.23. The van der Waals surface area contributed by atoms with Crippen molar-refractivity contribution in [3.63, 3.8) is 0 Å². The molecule has 1 aromatic rings. The number of benzene rings is 1. The molecule has 19 heavy (non-hydrogen) atoms. The molecule has 0 saturated carbocycles. The molecule has 0 bridgehead atoms. The molecule has 0 spiro atoms. The maximum atomic E-state index is 13.4. The lowest BCUT2D eigenvalue weighted by molar-refractivity contribution is 0.513. The SMILES string of the molecule is CC(C)=NN(c1ccccc1)P(=O)(N1CC1)N1CC1. The average molecular weight is 278 g/mol. The van der Waals surface area contributed by atoms with Crippen LogP contribution in [-0.2, 0) is 4.57 Å². The highest BCUT2D eigenvalue weighted by atomic mass is 31.2. The standard InChI is InChI=1S/C13H19N4OP/c1-12(2)14-17(13-6-4-3-5-7-13)19(18,15-8-9-15)16-10-11-16/h3-7H,8-11H2,1-2H3. The zero-order valence-electron chi connectivity index (χ0n) is 11.4. The Bertz CT molecular complexity index is 517. The van der Waals surface area contributed by atoms with Gasteiger partial charge in [-0.2, -0.15) is 9.88 Å². The van der Waals surface area contributed by atoms with Crippen molar-refractivity contribution in [2.45, 2.75) is 13.8 Å². The number of hydrazone groups is 1. The first-order valence-electron chi connectivity index (χ1n) is 6.61. The van der Waals surface area contributed by atoms with Gasteiger partial charge in [0.25, 0.3) is 0 Å². The summed E-state index contributed by atoms with van der Waals surface area (Å²) in [6.07, 6.45) is 0. The van der Waals surface area contributed by atoms with Gasteiger partial charge >= 0.3 is 7.59 Å². The molecular weight excluding hydrogens is 259 g/mol. The summed E-state index contributed by atoms with van der Waals surface area (Å²) in [5, 5.41) is 4.55. The summed E-state index contributed by atoms with van der Waals surface area (Å²) in [5.74, 6) is 0. The molecule has 2 aliphatic rings. The first kappa shape index (κ1) is 12.9. The van der Waals surface area contributed by atoms with Gasteiger partial charge in [0.1, 0.15) is 0 Å². The minimum Gasteiger partial charge on any atom is -0.262 e. The van der Waals surface area contributed by atoms with Crippen molar-refractivity contribution >= 4 is 19.0 Å². The van der Waals surface area contributed by atoms with Crippen LogP contribution in [0.5, 0.6) is 0 Å². The van der Waals surface area contributed by atoms with Gasteiger partial charge in [-0.3, -0.25) is 4.57 Å². The molecule has 2 fully saturated rings. The molecule has 3 rings (SSSR count). The minimum absolute atomic E-state index is 0.894. The number of rotatable bonds is 5. The fraction of sp³-hybridized carbons (Fsp3) is 0.462. The van der Waals surface area contributed by atoms with E-state index in [9.17, 15) is 4.57 Å². The van der Waals surface area contributed by atoms with Crippen LogP contribution >= 0.6 is 7.59 Å². The summed E-state index contributed by atoms with van der Waals surface area (Å²) in [7, 11) is -2.71. The average Bonchev–Trinajstić information content (AvgIpc) is 3.28. The summed E-state index contributed by atoms with van der Waals surface area (Å²) in [6, 6.07) is 9.80. The molecule has 2 saturated heterocycles. The van der Waals surface area contributed by atoms with Crippen molar-refractivity contribution in [1.82, 2.24) is 9.34 Å². The van der Waals surface area contributed by atoms with Gasteiger partial charge in [-0.1, -0.05) is 18.2 Å². The molecule has 6 heteroatoms. The van der Waals surface area contributed by atoms with Crippen molar-refractivity contribution < 1.29 is 4.57 Å². The third-order valence-electron chi connectivity index (χ3n) is 3.11. The van der Waals surface area contributed by atoms with E-state index in [1.54, 1.807) is 4.78 Å². The predicted octanol–water partition coefficient (Wildman–Crippen LogP) is 2.63. The van der Waals surface area contributed by atoms with Gasteiger partial charge in [0.2, 0.25) is 0 Å². The maximum Gasteiger partial charge on any atom is 0.331 e. The second-order valence-corrected chi connectivity index (χ2v) is 7.63. The molecule has 0 aliphatic carbocycles. The number of para-hydroxylation sites is 1. The van der Waals surface area contributed by atoms with E-state index in [1.165, 1.54) is 0 Å². The van der Waals surface area contributed by atoms with E-state index in [2.05, 4.69) is 5.10 Å². The van der Waals surface area contributed by atoms with Crippen LogP contribution in [0, 0.1) is 0 Å². The van der Waals surface area contributed by atoms with E-state index >= 15 is 0 Å². The summed E-state index contributed by atoms with van der Waals surface area (Å²) >= 11 is 0. The van der Waals surface area contributed by atoms with Crippen LogP contribution in [0.3, 0.4) is 0 Å².